The van der Waals surface area contributed by atoms with Crippen molar-refractivity contribution in [1.29, 1.82) is 0 Å². The number of rotatable bonds is 3. The zero-order chi connectivity index (χ0) is 13.9. The van der Waals surface area contributed by atoms with Gasteiger partial charge in [-0.15, -0.1) is 0 Å². The first kappa shape index (κ1) is 14.7. The highest BCUT2D eigenvalue weighted by Crippen LogP contribution is 2.36. The molecule has 0 saturated carbocycles. The van der Waals surface area contributed by atoms with Crippen molar-refractivity contribution < 1.29 is 17.9 Å². The number of hydrogen-bond donors (Lipinski definition) is 1. The van der Waals surface area contributed by atoms with Crippen molar-refractivity contribution in [2.45, 2.75) is 25.7 Å². The molecule has 1 unspecified atom stereocenters. The smallest absolute Gasteiger partial charge is 0.322 e. The molecule has 2 fully saturated rings. The monoisotopic (exact) mass is 290 g/mol. The van der Waals surface area contributed by atoms with E-state index >= 15 is 0 Å². The molecule has 7 heteroatoms. The van der Waals surface area contributed by atoms with Crippen molar-refractivity contribution in [3.63, 3.8) is 0 Å². The molecule has 2 rings (SSSR count). The molecule has 110 valence electrons. The Labute approximate surface area is 114 Å². The summed E-state index contributed by atoms with van der Waals surface area (Å²) in [6, 6.07) is 0. The Hall–Kier alpha value is -0.660. The van der Waals surface area contributed by atoms with Crippen LogP contribution >= 0.6 is 0 Å². The third-order valence-corrected chi connectivity index (χ3v) is 5.81. The highest BCUT2D eigenvalue weighted by Gasteiger charge is 2.40. The van der Waals surface area contributed by atoms with E-state index in [4.69, 9.17) is 0 Å². The van der Waals surface area contributed by atoms with Gasteiger partial charge in [-0.2, -0.15) is 0 Å². The van der Waals surface area contributed by atoms with Gasteiger partial charge in [-0.1, -0.05) is 0 Å². The van der Waals surface area contributed by atoms with Gasteiger partial charge in [-0.25, -0.2) is 12.7 Å². The van der Waals surface area contributed by atoms with E-state index in [2.05, 4.69) is 10.1 Å². The summed E-state index contributed by atoms with van der Waals surface area (Å²) in [7, 11) is -2.33. The molecule has 1 spiro atoms. The van der Waals surface area contributed by atoms with Crippen LogP contribution in [0.4, 0.5) is 0 Å². The number of sulfonamides is 1. The summed E-state index contributed by atoms with van der Waals surface area (Å²) in [5.74, 6) is -1.24. The maximum absolute atomic E-state index is 12.2. The largest absolute Gasteiger partial charge is 0.468 e. The molecule has 2 aliphatic rings. The summed E-state index contributed by atoms with van der Waals surface area (Å²) >= 11 is 0. The number of piperidine rings is 2. The average molecular weight is 290 g/mol. The first-order valence-corrected chi connectivity index (χ1v) is 8.34. The van der Waals surface area contributed by atoms with Gasteiger partial charge in [0.05, 0.1) is 7.11 Å². The van der Waals surface area contributed by atoms with Gasteiger partial charge in [-0.3, -0.25) is 4.79 Å². The first-order chi connectivity index (χ1) is 8.97. The van der Waals surface area contributed by atoms with Crippen molar-refractivity contribution in [1.82, 2.24) is 9.62 Å². The summed E-state index contributed by atoms with van der Waals surface area (Å²) in [4.78, 5) is 11.2. The number of hydrogen-bond acceptors (Lipinski definition) is 5. The molecule has 2 saturated heterocycles. The van der Waals surface area contributed by atoms with E-state index in [9.17, 15) is 13.2 Å². The van der Waals surface area contributed by atoms with Crippen molar-refractivity contribution in [3.8, 4) is 0 Å². The number of methoxy groups -OCH3 is 1. The third-order valence-electron chi connectivity index (χ3n) is 4.11. The van der Waals surface area contributed by atoms with Gasteiger partial charge in [-0.05, 0) is 37.6 Å². The van der Waals surface area contributed by atoms with E-state index < -0.39 is 21.7 Å². The lowest BCUT2D eigenvalue weighted by Gasteiger charge is -2.44. The number of esters is 1. The van der Waals surface area contributed by atoms with Crippen LogP contribution < -0.4 is 5.32 Å². The van der Waals surface area contributed by atoms with Gasteiger partial charge in [0, 0.05) is 19.6 Å². The minimum absolute atomic E-state index is 0.0552. The second-order valence-electron chi connectivity index (χ2n) is 5.55. The molecular formula is C12H22N2O4S. The van der Waals surface area contributed by atoms with Gasteiger partial charge >= 0.3 is 5.97 Å². The highest BCUT2D eigenvalue weighted by atomic mass is 32.2. The highest BCUT2D eigenvalue weighted by molar-refractivity contribution is 7.89. The van der Waals surface area contributed by atoms with Crippen molar-refractivity contribution in [3.05, 3.63) is 0 Å². The van der Waals surface area contributed by atoms with Gasteiger partial charge in [0.2, 0.25) is 10.0 Å². The summed E-state index contributed by atoms with van der Waals surface area (Å²) in [6.45, 7) is 2.92. The molecule has 0 aromatic heterocycles. The lowest BCUT2D eigenvalue weighted by Crippen LogP contribution is -2.53. The molecule has 0 aromatic rings. The molecule has 0 bridgehead atoms. The van der Waals surface area contributed by atoms with Crippen LogP contribution in [0.2, 0.25) is 0 Å². The Morgan fingerprint density at radius 3 is 2.74 bits per heavy atom. The first-order valence-electron chi connectivity index (χ1n) is 6.73. The summed E-state index contributed by atoms with van der Waals surface area (Å²) < 4.78 is 30.3. The molecule has 0 aliphatic carbocycles. The van der Waals surface area contributed by atoms with Gasteiger partial charge in [0.1, 0.15) is 0 Å². The second kappa shape index (κ2) is 5.76. The predicted molar refractivity (Wildman–Crippen MR) is 71.1 cm³/mol. The quantitative estimate of drug-likeness (QED) is 0.738. The minimum atomic E-state index is -3.54. The maximum atomic E-state index is 12.2. The van der Waals surface area contributed by atoms with Crippen LogP contribution in [-0.2, 0) is 19.6 Å². The molecule has 0 amide bonds. The lowest BCUT2D eigenvalue weighted by molar-refractivity contribution is -0.137. The summed E-state index contributed by atoms with van der Waals surface area (Å²) in [5.41, 5.74) is 0.0552. The molecule has 0 aromatic carbocycles. The van der Waals surface area contributed by atoms with Gasteiger partial charge in [0.25, 0.3) is 0 Å². The van der Waals surface area contributed by atoms with E-state index in [-0.39, 0.29) is 5.41 Å². The van der Waals surface area contributed by atoms with E-state index in [0.717, 1.165) is 38.8 Å². The zero-order valence-corrected chi connectivity index (χ0v) is 12.2. The van der Waals surface area contributed by atoms with Crippen LogP contribution in [0, 0.1) is 5.41 Å². The van der Waals surface area contributed by atoms with E-state index in [1.54, 1.807) is 0 Å². The molecule has 19 heavy (non-hydrogen) atoms. The van der Waals surface area contributed by atoms with Gasteiger partial charge in [0.15, 0.2) is 5.75 Å². The predicted octanol–water partition coefficient (Wildman–Crippen LogP) is -0.0452. The van der Waals surface area contributed by atoms with Crippen LogP contribution in [0.15, 0.2) is 0 Å². The SMILES string of the molecule is COC(=O)CS(=O)(=O)N1CCCC2(CCCNC2)C1. The summed E-state index contributed by atoms with van der Waals surface area (Å²) in [6.07, 6.45) is 4.07. The molecule has 0 radical (unpaired) electrons. The number of nitrogens with zero attached hydrogens (tertiary/aromatic N) is 1. The van der Waals surface area contributed by atoms with Crippen molar-refractivity contribution in [2.75, 3.05) is 39.0 Å². The van der Waals surface area contributed by atoms with Gasteiger partial charge < -0.3 is 10.1 Å². The van der Waals surface area contributed by atoms with Crippen LogP contribution in [-0.4, -0.2) is 57.7 Å². The normalized spacial score (nSPS) is 29.3. The summed E-state index contributed by atoms with van der Waals surface area (Å²) in [5, 5.41) is 3.36. The Bertz CT molecular complexity index is 424. The molecular weight excluding hydrogens is 268 g/mol. The van der Waals surface area contributed by atoms with E-state index in [1.807, 2.05) is 0 Å². The molecule has 2 heterocycles. The molecule has 1 atom stereocenters. The van der Waals surface area contributed by atoms with Crippen LogP contribution in [0.3, 0.4) is 0 Å². The zero-order valence-electron chi connectivity index (χ0n) is 11.4. The fourth-order valence-electron chi connectivity index (χ4n) is 3.08. The van der Waals surface area contributed by atoms with Crippen molar-refractivity contribution >= 4 is 16.0 Å². The number of nitrogens with one attached hydrogen (secondary N) is 1. The Kier molecular flexibility index (Phi) is 4.47. The standard InChI is InChI=1S/C12H22N2O4S/c1-18-11(15)8-19(16,17)14-7-3-5-12(10-14)4-2-6-13-9-12/h13H,2-10H2,1H3. The third kappa shape index (κ3) is 3.46. The van der Waals surface area contributed by atoms with E-state index in [0.29, 0.717) is 13.1 Å². The van der Waals surface area contributed by atoms with Crippen LogP contribution in [0.25, 0.3) is 0 Å². The molecule has 1 N–H and O–H groups in total. The average Bonchev–Trinajstić information content (AvgIpc) is 2.39. The Morgan fingerprint density at radius 2 is 2.11 bits per heavy atom. The molecule has 6 nitrogen and oxygen atoms in total. The van der Waals surface area contributed by atoms with Crippen molar-refractivity contribution in [2.24, 2.45) is 5.41 Å². The van der Waals surface area contributed by atoms with Crippen LogP contribution in [0.1, 0.15) is 25.7 Å². The lowest BCUT2D eigenvalue weighted by atomic mass is 9.75. The van der Waals surface area contributed by atoms with E-state index in [1.165, 1.54) is 11.4 Å². The second-order valence-corrected chi connectivity index (χ2v) is 7.52. The van der Waals surface area contributed by atoms with Crippen LogP contribution in [0.5, 0.6) is 0 Å². The number of carbonyl (C=O) groups excluding carboxylic acids is 1. The topological polar surface area (TPSA) is 75.7 Å². The number of carbonyl (C=O) groups is 1. The fourth-order valence-corrected chi connectivity index (χ4v) is 4.55. The number of ether oxygens (including phenoxy) is 1. The Morgan fingerprint density at radius 1 is 1.37 bits per heavy atom. The Balaban J connectivity index is 2.06. The minimum Gasteiger partial charge on any atom is -0.468 e. The maximum Gasteiger partial charge on any atom is 0.322 e. The molecule has 2 aliphatic heterocycles. The fraction of sp³-hybridized carbons (Fsp3) is 0.917.